The van der Waals surface area contributed by atoms with Crippen LogP contribution in [0.1, 0.15) is 36.5 Å². The van der Waals surface area contributed by atoms with Crippen LogP contribution >= 0.6 is 0 Å². The van der Waals surface area contributed by atoms with Gasteiger partial charge in [0, 0.05) is 25.0 Å². The van der Waals surface area contributed by atoms with Gasteiger partial charge in [0.1, 0.15) is 0 Å². The molecule has 0 unspecified atom stereocenters. The van der Waals surface area contributed by atoms with Crippen molar-refractivity contribution in [1.29, 1.82) is 0 Å². The first-order valence-electron chi connectivity index (χ1n) is 6.56. The van der Waals surface area contributed by atoms with Crippen LogP contribution in [0.5, 0.6) is 0 Å². The molecule has 1 aliphatic heterocycles. The molecule has 3 nitrogen and oxygen atoms in total. The number of ketones is 1. The fourth-order valence-electron chi connectivity index (χ4n) is 2.52. The number of likely N-dealkylation sites (tertiary alicyclic amines) is 1. The molecule has 2 rings (SSSR count). The van der Waals surface area contributed by atoms with E-state index < -0.39 is 0 Å². The van der Waals surface area contributed by atoms with Gasteiger partial charge in [-0.3, -0.25) is 9.69 Å². The minimum atomic E-state index is 0.251. The standard InChI is InChI=1S/C14H22N2O/c1-3-12-4-8-16(9-5-12)11-14(17)13-6-7-15(2)10-13/h6-7,10,12H,3-5,8-9,11H2,1-2H3. The zero-order chi connectivity index (χ0) is 12.3. The van der Waals surface area contributed by atoms with E-state index in [1.54, 1.807) is 0 Å². The maximum atomic E-state index is 12.0. The van der Waals surface area contributed by atoms with Crippen LogP contribution in [0.3, 0.4) is 0 Å². The van der Waals surface area contributed by atoms with Crippen LogP contribution in [0.4, 0.5) is 0 Å². The lowest BCUT2D eigenvalue weighted by Gasteiger charge is -2.30. The first-order chi connectivity index (χ1) is 8.19. The highest BCUT2D eigenvalue weighted by molar-refractivity contribution is 5.97. The van der Waals surface area contributed by atoms with E-state index in [0.717, 1.165) is 24.6 Å². The summed E-state index contributed by atoms with van der Waals surface area (Å²) in [4.78, 5) is 14.3. The van der Waals surface area contributed by atoms with Crippen LogP contribution in [0.2, 0.25) is 0 Å². The van der Waals surface area contributed by atoms with Crippen LogP contribution < -0.4 is 0 Å². The Morgan fingerprint density at radius 1 is 1.41 bits per heavy atom. The highest BCUT2D eigenvalue weighted by Crippen LogP contribution is 2.20. The average molecular weight is 234 g/mol. The van der Waals surface area contributed by atoms with Gasteiger partial charge in [-0.1, -0.05) is 13.3 Å². The fourth-order valence-corrected chi connectivity index (χ4v) is 2.52. The second-order valence-electron chi connectivity index (χ2n) is 5.12. The van der Waals surface area contributed by atoms with Gasteiger partial charge in [0.05, 0.1) is 6.54 Å². The number of aryl methyl sites for hydroxylation is 1. The number of nitrogens with zero attached hydrogens (tertiary/aromatic N) is 2. The Morgan fingerprint density at radius 2 is 2.12 bits per heavy atom. The van der Waals surface area contributed by atoms with Gasteiger partial charge in [-0.25, -0.2) is 0 Å². The molecule has 94 valence electrons. The molecule has 0 bridgehead atoms. The van der Waals surface area contributed by atoms with Crippen LogP contribution in [0.15, 0.2) is 18.5 Å². The monoisotopic (exact) mass is 234 g/mol. The van der Waals surface area contributed by atoms with Crippen molar-refractivity contribution in [3.63, 3.8) is 0 Å². The lowest BCUT2D eigenvalue weighted by molar-refractivity contribution is 0.0894. The summed E-state index contributed by atoms with van der Waals surface area (Å²) in [7, 11) is 1.95. The minimum Gasteiger partial charge on any atom is -0.357 e. The highest BCUT2D eigenvalue weighted by atomic mass is 16.1. The zero-order valence-electron chi connectivity index (χ0n) is 10.9. The number of hydrogen-bond acceptors (Lipinski definition) is 2. The third-order valence-electron chi connectivity index (χ3n) is 3.81. The van der Waals surface area contributed by atoms with Crippen molar-refractivity contribution in [1.82, 2.24) is 9.47 Å². The largest absolute Gasteiger partial charge is 0.357 e. The van der Waals surface area contributed by atoms with E-state index in [-0.39, 0.29) is 5.78 Å². The molecule has 17 heavy (non-hydrogen) atoms. The molecule has 1 saturated heterocycles. The molecule has 0 aromatic carbocycles. The first-order valence-corrected chi connectivity index (χ1v) is 6.56. The molecular formula is C14H22N2O. The summed E-state index contributed by atoms with van der Waals surface area (Å²) in [5, 5.41) is 0. The maximum absolute atomic E-state index is 12.0. The van der Waals surface area contributed by atoms with E-state index in [1.807, 2.05) is 30.1 Å². The summed E-state index contributed by atoms with van der Waals surface area (Å²) in [6.45, 7) is 5.00. The molecule has 0 N–H and O–H groups in total. The number of aromatic nitrogens is 1. The highest BCUT2D eigenvalue weighted by Gasteiger charge is 2.20. The van der Waals surface area contributed by atoms with Gasteiger partial charge in [-0.15, -0.1) is 0 Å². The Balaban J connectivity index is 1.84. The lowest BCUT2D eigenvalue weighted by Crippen LogP contribution is -2.37. The van der Waals surface area contributed by atoms with E-state index in [1.165, 1.54) is 19.3 Å². The van der Waals surface area contributed by atoms with E-state index >= 15 is 0 Å². The van der Waals surface area contributed by atoms with Gasteiger partial charge >= 0.3 is 0 Å². The number of carbonyl (C=O) groups excluding carboxylic acids is 1. The Bertz CT molecular complexity index is 375. The topological polar surface area (TPSA) is 25.2 Å². The van der Waals surface area contributed by atoms with Crippen molar-refractivity contribution in [3.8, 4) is 0 Å². The molecule has 0 aliphatic carbocycles. The first kappa shape index (κ1) is 12.4. The van der Waals surface area contributed by atoms with Crippen molar-refractivity contribution in [2.24, 2.45) is 13.0 Å². The van der Waals surface area contributed by atoms with E-state index in [4.69, 9.17) is 0 Å². The smallest absolute Gasteiger partial charge is 0.178 e. The van der Waals surface area contributed by atoms with Crippen LogP contribution in [-0.4, -0.2) is 34.9 Å². The van der Waals surface area contributed by atoms with Crippen LogP contribution in [0.25, 0.3) is 0 Å². The zero-order valence-corrected chi connectivity index (χ0v) is 10.9. The summed E-state index contributed by atoms with van der Waals surface area (Å²) in [5.41, 5.74) is 0.838. The molecule has 0 atom stereocenters. The molecule has 1 aliphatic rings. The maximum Gasteiger partial charge on any atom is 0.178 e. The van der Waals surface area contributed by atoms with Gasteiger partial charge < -0.3 is 4.57 Å². The second-order valence-corrected chi connectivity index (χ2v) is 5.12. The number of rotatable bonds is 4. The molecule has 1 aromatic rings. The third kappa shape index (κ3) is 3.19. The molecular weight excluding hydrogens is 212 g/mol. The van der Waals surface area contributed by atoms with E-state index in [9.17, 15) is 4.79 Å². The Hall–Kier alpha value is -1.09. The normalized spacial score (nSPS) is 18.5. The molecule has 2 heterocycles. The van der Waals surface area contributed by atoms with Gasteiger partial charge in [0.15, 0.2) is 5.78 Å². The molecule has 3 heteroatoms. The molecule has 1 aromatic heterocycles. The predicted molar refractivity (Wildman–Crippen MR) is 69.2 cm³/mol. The molecule has 1 fully saturated rings. The van der Waals surface area contributed by atoms with Gasteiger partial charge in [0.2, 0.25) is 0 Å². The average Bonchev–Trinajstić information content (AvgIpc) is 2.77. The Labute approximate surface area is 103 Å². The summed E-state index contributed by atoms with van der Waals surface area (Å²) in [6, 6.07) is 1.90. The number of hydrogen-bond donors (Lipinski definition) is 0. The van der Waals surface area contributed by atoms with Gasteiger partial charge in [-0.05, 0) is 37.9 Å². The van der Waals surface area contributed by atoms with Crippen molar-refractivity contribution < 1.29 is 4.79 Å². The molecule has 0 spiro atoms. The molecule has 0 amide bonds. The van der Waals surface area contributed by atoms with E-state index in [0.29, 0.717) is 6.54 Å². The quantitative estimate of drug-likeness (QED) is 0.747. The summed E-state index contributed by atoms with van der Waals surface area (Å²) >= 11 is 0. The van der Waals surface area contributed by atoms with Crippen LogP contribution in [0, 0.1) is 5.92 Å². The predicted octanol–water partition coefficient (Wildman–Crippen LogP) is 2.33. The van der Waals surface area contributed by atoms with Crippen molar-refractivity contribution in [3.05, 3.63) is 24.0 Å². The third-order valence-corrected chi connectivity index (χ3v) is 3.81. The van der Waals surface area contributed by atoms with Gasteiger partial charge in [-0.2, -0.15) is 0 Å². The van der Waals surface area contributed by atoms with Crippen molar-refractivity contribution in [2.45, 2.75) is 26.2 Å². The summed E-state index contributed by atoms with van der Waals surface area (Å²) in [5.74, 6) is 1.12. The number of piperidine rings is 1. The van der Waals surface area contributed by atoms with Gasteiger partial charge in [0.25, 0.3) is 0 Å². The fraction of sp³-hybridized carbons (Fsp3) is 0.643. The van der Waals surface area contributed by atoms with Crippen molar-refractivity contribution in [2.75, 3.05) is 19.6 Å². The second kappa shape index (κ2) is 5.50. The number of carbonyl (C=O) groups is 1. The summed E-state index contributed by atoms with van der Waals surface area (Å²) < 4.78 is 1.93. The van der Waals surface area contributed by atoms with Crippen molar-refractivity contribution >= 4 is 5.78 Å². The summed E-state index contributed by atoms with van der Waals surface area (Å²) in [6.07, 6.45) is 7.61. The Morgan fingerprint density at radius 3 is 2.65 bits per heavy atom. The van der Waals surface area contributed by atoms with E-state index in [2.05, 4.69) is 11.8 Å². The minimum absolute atomic E-state index is 0.251. The lowest BCUT2D eigenvalue weighted by atomic mass is 9.94. The number of Topliss-reactive ketones (excluding diaryl/α,β-unsaturated/α-hetero) is 1. The molecule has 0 saturated carbocycles. The SMILES string of the molecule is CCC1CCN(CC(=O)c2ccn(C)c2)CC1. The van der Waals surface area contributed by atoms with Crippen LogP contribution in [-0.2, 0) is 7.05 Å². The Kier molecular flexibility index (Phi) is 4.00. The molecule has 0 radical (unpaired) electrons.